The number of hydrogen-bond acceptors (Lipinski definition) is 2. The van der Waals surface area contributed by atoms with E-state index in [9.17, 15) is 0 Å². The average Bonchev–Trinajstić information content (AvgIpc) is 2.19. The lowest BCUT2D eigenvalue weighted by Crippen LogP contribution is -2.20. The van der Waals surface area contributed by atoms with Gasteiger partial charge in [-0.1, -0.05) is 26.2 Å². The van der Waals surface area contributed by atoms with Gasteiger partial charge >= 0.3 is 0 Å². The van der Waals surface area contributed by atoms with Crippen LogP contribution in [0.15, 0.2) is 0 Å². The molecule has 0 aliphatic rings. The molecule has 1 nitrogen and oxygen atoms in total. The second-order valence-electron chi connectivity index (χ2n) is 4.06. The van der Waals surface area contributed by atoms with Gasteiger partial charge in [0, 0.05) is 0 Å². The molecule has 0 unspecified atom stereocenters. The third-order valence-corrected chi connectivity index (χ3v) is 3.23. The van der Waals surface area contributed by atoms with Crippen LogP contribution >= 0.6 is 11.8 Å². The Kier molecular flexibility index (Phi) is 11.6. The Morgan fingerprint density at radius 1 is 0.929 bits per heavy atom. The molecule has 0 spiro atoms. The number of unbranched alkanes of at least 4 members (excludes halogenated alkanes) is 4. The van der Waals surface area contributed by atoms with Gasteiger partial charge in [-0.25, -0.2) is 0 Å². The fourth-order valence-corrected chi connectivity index (χ4v) is 2.04. The van der Waals surface area contributed by atoms with Crippen LogP contribution in [0.3, 0.4) is 0 Å². The van der Waals surface area contributed by atoms with Gasteiger partial charge in [-0.3, -0.25) is 0 Å². The van der Waals surface area contributed by atoms with Crippen LogP contribution in [0.5, 0.6) is 0 Å². The molecule has 2 heteroatoms. The summed E-state index contributed by atoms with van der Waals surface area (Å²) in [5.41, 5.74) is 0. The van der Waals surface area contributed by atoms with E-state index < -0.39 is 0 Å². The lowest BCUT2D eigenvalue weighted by Gasteiger charge is -2.15. The highest BCUT2D eigenvalue weighted by molar-refractivity contribution is 7.98. The zero-order chi connectivity index (χ0) is 10.6. The van der Waals surface area contributed by atoms with Crippen LogP contribution in [-0.4, -0.2) is 37.0 Å². The summed E-state index contributed by atoms with van der Waals surface area (Å²) in [6, 6.07) is 0. The number of nitrogens with zero attached hydrogens (tertiary/aromatic N) is 1. The molecule has 0 saturated carbocycles. The number of rotatable bonds is 10. The molecule has 0 aromatic heterocycles. The molecular weight excluding hydrogens is 190 g/mol. The van der Waals surface area contributed by atoms with E-state index in [1.165, 1.54) is 57.4 Å². The van der Waals surface area contributed by atoms with Crippen molar-refractivity contribution in [3.63, 3.8) is 0 Å². The van der Waals surface area contributed by atoms with Crippen molar-refractivity contribution in [1.29, 1.82) is 0 Å². The Balaban J connectivity index is 3.07. The first-order valence-corrected chi connectivity index (χ1v) is 7.38. The molecule has 0 aromatic rings. The van der Waals surface area contributed by atoms with Crippen molar-refractivity contribution in [2.75, 3.05) is 32.1 Å². The molecule has 0 rings (SSSR count). The quantitative estimate of drug-likeness (QED) is 0.514. The fourth-order valence-electron chi connectivity index (χ4n) is 1.55. The Hall–Kier alpha value is 0.310. The molecular formula is C12H27NS. The highest BCUT2D eigenvalue weighted by atomic mass is 32.2. The van der Waals surface area contributed by atoms with Crippen molar-refractivity contribution in [3.8, 4) is 0 Å². The largest absolute Gasteiger partial charge is 0.306 e. The third-order valence-electron chi connectivity index (χ3n) is 2.53. The minimum absolute atomic E-state index is 1.28. The average molecular weight is 217 g/mol. The minimum atomic E-state index is 1.28. The van der Waals surface area contributed by atoms with E-state index in [0.29, 0.717) is 0 Å². The van der Waals surface area contributed by atoms with Gasteiger partial charge in [-0.15, -0.1) is 0 Å². The SMILES string of the molecule is CCCCCCN(C)CCCCSC. The highest BCUT2D eigenvalue weighted by Gasteiger charge is 1.97. The third kappa shape index (κ3) is 10.4. The topological polar surface area (TPSA) is 3.24 Å². The zero-order valence-electron chi connectivity index (χ0n) is 10.2. The van der Waals surface area contributed by atoms with Crippen molar-refractivity contribution in [2.45, 2.75) is 45.4 Å². The Morgan fingerprint density at radius 2 is 1.57 bits per heavy atom. The predicted octanol–water partition coefficient (Wildman–Crippen LogP) is 3.64. The van der Waals surface area contributed by atoms with E-state index in [2.05, 4.69) is 25.1 Å². The summed E-state index contributed by atoms with van der Waals surface area (Å²) < 4.78 is 0. The van der Waals surface area contributed by atoms with E-state index in [1.807, 2.05) is 11.8 Å². The summed E-state index contributed by atoms with van der Waals surface area (Å²) in [4.78, 5) is 2.48. The van der Waals surface area contributed by atoms with Gasteiger partial charge in [0.05, 0.1) is 0 Å². The maximum absolute atomic E-state index is 2.48. The van der Waals surface area contributed by atoms with Crippen molar-refractivity contribution in [3.05, 3.63) is 0 Å². The number of thioether (sulfide) groups is 1. The maximum Gasteiger partial charge on any atom is -0.00215 e. The lowest BCUT2D eigenvalue weighted by molar-refractivity contribution is 0.319. The van der Waals surface area contributed by atoms with Crippen LogP contribution in [0.4, 0.5) is 0 Å². The van der Waals surface area contributed by atoms with Crippen LogP contribution in [0, 0.1) is 0 Å². The van der Waals surface area contributed by atoms with Crippen molar-refractivity contribution in [1.82, 2.24) is 4.90 Å². The number of hydrogen-bond donors (Lipinski definition) is 0. The smallest absolute Gasteiger partial charge is 0.00215 e. The van der Waals surface area contributed by atoms with Crippen LogP contribution in [-0.2, 0) is 0 Å². The van der Waals surface area contributed by atoms with Gasteiger partial charge < -0.3 is 4.90 Å². The summed E-state index contributed by atoms with van der Waals surface area (Å²) in [5, 5.41) is 0. The van der Waals surface area contributed by atoms with Gasteiger partial charge in [-0.2, -0.15) is 11.8 Å². The summed E-state index contributed by atoms with van der Waals surface area (Å²) in [7, 11) is 2.25. The van der Waals surface area contributed by atoms with Crippen LogP contribution < -0.4 is 0 Å². The van der Waals surface area contributed by atoms with Crippen LogP contribution in [0.1, 0.15) is 45.4 Å². The summed E-state index contributed by atoms with van der Waals surface area (Å²) >= 11 is 1.96. The normalized spacial score (nSPS) is 11.1. The lowest BCUT2D eigenvalue weighted by atomic mass is 10.2. The molecule has 0 atom stereocenters. The Bertz CT molecular complexity index is 94.5. The molecule has 0 aromatic carbocycles. The molecule has 0 amide bonds. The highest BCUT2D eigenvalue weighted by Crippen LogP contribution is 2.03. The van der Waals surface area contributed by atoms with E-state index in [0.717, 1.165) is 0 Å². The minimum Gasteiger partial charge on any atom is -0.306 e. The monoisotopic (exact) mass is 217 g/mol. The Labute approximate surface area is 94.6 Å². The van der Waals surface area contributed by atoms with Gasteiger partial charge in [-0.05, 0) is 51.4 Å². The molecule has 0 heterocycles. The van der Waals surface area contributed by atoms with E-state index in [-0.39, 0.29) is 0 Å². The van der Waals surface area contributed by atoms with E-state index in [1.54, 1.807) is 0 Å². The summed E-state index contributed by atoms with van der Waals surface area (Å²) in [5.74, 6) is 1.32. The van der Waals surface area contributed by atoms with Gasteiger partial charge in [0.2, 0.25) is 0 Å². The van der Waals surface area contributed by atoms with E-state index in [4.69, 9.17) is 0 Å². The van der Waals surface area contributed by atoms with Gasteiger partial charge in [0.25, 0.3) is 0 Å². The van der Waals surface area contributed by atoms with Gasteiger partial charge in [0.1, 0.15) is 0 Å². The first kappa shape index (κ1) is 14.3. The maximum atomic E-state index is 2.48. The fraction of sp³-hybridized carbons (Fsp3) is 1.00. The first-order valence-electron chi connectivity index (χ1n) is 5.98. The molecule has 0 N–H and O–H groups in total. The molecule has 0 bridgehead atoms. The first-order chi connectivity index (χ1) is 6.81. The van der Waals surface area contributed by atoms with Gasteiger partial charge in [0.15, 0.2) is 0 Å². The predicted molar refractivity (Wildman–Crippen MR) is 69.3 cm³/mol. The standard InChI is InChI=1S/C12H27NS/c1-4-5-6-7-10-13(2)11-8-9-12-14-3/h4-12H2,1-3H3. The molecule has 0 radical (unpaired) electrons. The van der Waals surface area contributed by atoms with Crippen LogP contribution in [0.2, 0.25) is 0 Å². The molecule has 0 saturated heterocycles. The van der Waals surface area contributed by atoms with Crippen molar-refractivity contribution < 1.29 is 0 Å². The second kappa shape index (κ2) is 11.4. The summed E-state index contributed by atoms with van der Waals surface area (Å²) in [6.07, 6.45) is 10.5. The molecule has 0 aliphatic carbocycles. The second-order valence-corrected chi connectivity index (χ2v) is 5.05. The van der Waals surface area contributed by atoms with E-state index >= 15 is 0 Å². The molecule has 0 aliphatic heterocycles. The van der Waals surface area contributed by atoms with Crippen LogP contribution in [0.25, 0.3) is 0 Å². The Morgan fingerprint density at radius 3 is 2.14 bits per heavy atom. The molecule has 86 valence electrons. The zero-order valence-corrected chi connectivity index (χ0v) is 11.0. The summed E-state index contributed by atoms with van der Waals surface area (Å²) in [6.45, 7) is 4.85. The molecule has 14 heavy (non-hydrogen) atoms. The van der Waals surface area contributed by atoms with Crippen molar-refractivity contribution in [2.24, 2.45) is 0 Å². The van der Waals surface area contributed by atoms with Crippen molar-refractivity contribution >= 4 is 11.8 Å². The molecule has 0 fully saturated rings.